The zero-order valence-corrected chi connectivity index (χ0v) is 19.7. The van der Waals surface area contributed by atoms with E-state index >= 15 is 0 Å². The Bertz CT molecular complexity index is 1140. The molecule has 0 aliphatic heterocycles. The molecule has 0 fully saturated rings. The normalized spacial score (nSPS) is 10.7. The summed E-state index contributed by atoms with van der Waals surface area (Å²) in [6, 6.07) is 14.8. The van der Waals surface area contributed by atoms with Crippen molar-refractivity contribution in [1.82, 2.24) is 4.98 Å². The molecule has 7 heteroatoms. The van der Waals surface area contributed by atoms with E-state index in [0.717, 1.165) is 18.8 Å². The first-order valence-electron chi connectivity index (χ1n) is 10.8. The molecule has 0 spiro atoms. The van der Waals surface area contributed by atoms with Crippen LogP contribution in [-0.2, 0) is 0 Å². The molecule has 5 nitrogen and oxygen atoms in total. The van der Waals surface area contributed by atoms with E-state index in [4.69, 9.17) is 16.3 Å². The van der Waals surface area contributed by atoms with Crippen molar-refractivity contribution in [3.8, 4) is 17.0 Å². The number of methoxy groups -OCH3 is 1. The van der Waals surface area contributed by atoms with E-state index in [-0.39, 0.29) is 35.1 Å². The molecule has 0 radical (unpaired) electrons. The van der Waals surface area contributed by atoms with Gasteiger partial charge in [-0.2, -0.15) is 0 Å². The third-order valence-electron chi connectivity index (χ3n) is 5.45. The summed E-state index contributed by atoms with van der Waals surface area (Å²) in [5, 5.41) is -0.0503. The maximum absolute atomic E-state index is 13.5. The Labute approximate surface area is 198 Å². The van der Waals surface area contributed by atoms with Gasteiger partial charge in [-0.3, -0.25) is 9.59 Å². The maximum Gasteiger partial charge on any atom is 0.181 e. The number of hydrogen-bond donors (Lipinski definition) is 0. The first kappa shape index (κ1) is 24.4. The van der Waals surface area contributed by atoms with Gasteiger partial charge in [0.25, 0.3) is 0 Å². The lowest BCUT2D eigenvalue weighted by Gasteiger charge is -2.21. The number of benzene rings is 2. The van der Waals surface area contributed by atoms with Gasteiger partial charge in [0.05, 0.1) is 12.1 Å². The van der Waals surface area contributed by atoms with Crippen molar-refractivity contribution < 1.29 is 18.7 Å². The van der Waals surface area contributed by atoms with Crippen molar-refractivity contribution in [1.29, 1.82) is 0 Å². The minimum Gasteiger partial charge on any atom is -0.494 e. The second-order valence-corrected chi connectivity index (χ2v) is 7.85. The van der Waals surface area contributed by atoms with Crippen molar-refractivity contribution >= 4 is 28.9 Å². The molecule has 0 atom stereocenters. The zero-order valence-electron chi connectivity index (χ0n) is 18.9. The standard InChI is InChI=1S/C26H26ClFN2O3/c1-4-30(5-2)19-9-6-17(7-10-19)23(31)13-14-24(32)22-12-15-25(33-3)26(29-22)18-8-11-21(28)20(27)16-18/h6-12,15-16H,4-5,13-14H2,1-3H3. The average molecular weight is 469 g/mol. The number of ether oxygens (including phenoxy) is 1. The van der Waals surface area contributed by atoms with E-state index in [0.29, 0.717) is 22.6 Å². The summed E-state index contributed by atoms with van der Waals surface area (Å²) in [5.41, 5.74) is 2.74. The van der Waals surface area contributed by atoms with Crippen LogP contribution in [-0.4, -0.2) is 36.7 Å². The highest BCUT2D eigenvalue weighted by atomic mass is 35.5. The predicted octanol–water partition coefficient (Wildman–Crippen LogP) is 6.24. The number of halogens is 2. The fourth-order valence-corrected chi connectivity index (χ4v) is 3.74. The number of aromatic nitrogens is 1. The Balaban J connectivity index is 1.72. The van der Waals surface area contributed by atoms with E-state index in [2.05, 4.69) is 23.7 Å². The highest BCUT2D eigenvalue weighted by Gasteiger charge is 2.17. The molecule has 3 aromatic rings. The molecule has 0 N–H and O–H groups in total. The van der Waals surface area contributed by atoms with Crippen molar-refractivity contribution in [3.63, 3.8) is 0 Å². The Kier molecular flexibility index (Phi) is 8.17. The van der Waals surface area contributed by atoms with Gasteiger partial charge >= 0.3 is 0 Å². The fourth-order valence-electron chi connectivity index (χ4n) is 3.56. The molecule has 0 bridgehead atoms. The van der Waals surface area contributed by atoms with Crippen LogP contribution in [0.2, 0.25) is 5.02 Å². The van der Waals surface area contributed by atoms with E-state index in [9.17, 15) is 14.0 Å². The molecule has 33 heavy (non-hydrogen) atoms. The highest BCUT2D eigenvalue weighted by molar-refractivity contribution is 6.31. The van der Waals surface area contributed by atoms with Crippen LogP contribution in [0.3, 0.4) is 0 Å². The molecule has 172 valence electrons. The van der Waals surface area contributed by atoms with Crippen LogP contribution in [0, 0.1) is 5.82 Å². The van der Waals surface area contributed by atoms with E-state index in [1.54, 1.807) is 24.3 Å². The van der Waals surface area contributed by atoms with Gasteiger partial charge in [0.1, 0.15) is 23.0 Å². The molecule has 0 amide bonds. The number of rotatable bonds is 10. The number of carbonyl (C=O) groups excluding carboxylic acids is 2. The summed E-state index contributed by atoms with van der Waals surface area (Å²) in [6.45, 7) is 5.94. The minimum atomic E-state index is -0.546. The molecule has 0 saturated heterocycles. The van der Waals surface area contributed by atoms with Crippen molar-refractivity contribution in [2.24, 2.45) is 0 Å². The molecule has 0 saturated carbocycles. The summed E-state index contributed by atoms with van der Waals surface area (Å²) in [5.74, 6) is -0.484. The Morgan fingerprint density at radius 1 is 0.970 bits per heavy atom. The molecule has 1 aromatic heterocycles. The minimum absolute atomic E-state index is 0.0274. The molecule has 3 rings (SSSR count). The predicted molar refractivity (Wildman–Crippen MR) is 129 cm³/mol. The summed E-state index contributed by atoms with van der Waals surface area (Å²) >= 11 is 5.90. The quantitative estimate of drug-likeness (QED) is 0.329. The van der Waals surface area contributed by atoms with Crippen molar-refractivity contribution in [2.45, 2.75) is 26.7 Å². The van der Waals surface area contributed by atoms with E-state index in [1.165, 1.54) is 25.3 Å². The smallest absolute Gasteiger partial charge is 0.181 e. The van der Waals surface area contributed by atoms with Gasteiger partial charge < -0.3 is 9.64 Å². The SMILES string of the molecule is CCN(CC)c1ccc(C(=O)CCC(=O)c2ccc(OC)c(-c3ccc(F)c(Cl)c3)n2)cc1. The number of carbonyl (C=O) groups is 2. The lowest BCUT2D eigenvalue weighted by Crippen LogP contribution is -2.21. The number of pyridine rings is 1. The number of anilines is 1. The Morgan fingerprint density at radius 2 is 1.64 bits per heavy atom. The van der Waals surface area contributed by atoms with Gasteiger partial charge in [0.15, 0.2) is 11.6 Å². The topological polar surface area (TPSA) is 59.5 Å². The number of hydrogen-bond acceptors (Lipinski definition) is 5. The second kappa shape index (κ2) is 11.1. The second-order valence-electron chi connectivity index (χ2n) is 7.44. The van der Waals surface area contributed by atoms with Crippen molar-refractivity contribution in [2.75, 3.05) is 25.1 Å². The lowest BCUT2D eigenvalue weighted by atomic mass is 10.0. The Hall–Kier alpha value is -3.25. The molecule has 1 heterocycles. The van der Waals surface area contributed by atoms with Crippen LogP contribution in [0.15, 0.2) is 54.6 Å². The van der Waals surface area contributed by atoms with Crippen LogP contribution in [0.5, 0.6) is 5.75 Å². The fraction of sp³-hybridized carbons (Fsp3) is 0.269. The van der Waals surface area contributed by atoms with Crippen LogP contribution in [0.1, 0.15) is 47.5 Å². The Morgan fingerprint density at radius 3 is 2.24 bits per heavy atom. The molecular weight excluding hydrogens is 443 g/mol. The summed E-state index contributed by atoms with van der Waals surface area (Å²) in [4.78, 5) is 32.0. The van der Waals surface area contributed by atoms with Crippen LogP contribution < -0.4 is 9.64 Å². The van der Waals surface area contributed by atoms with Gasteiger partial charge in [0, 0.05) is 42.7 Å². The number of nitrogens with zero attached hydrogens (tertiary/aromatic N) is 2. The van der Waals surface area contributed by atoms with E-state index in [1.807, 2.05) is 12.1 Å². The summed E-state index contributed by atoms with van der Waals surface area (Å²) in [6.07, 6.45) is 0.106. The van der Waals surface area contributed by atoms with Crippen LogP contribution >= 0.6 is 11.6 Å². The maximum atomic E-state index is 13.5. The molecule has 2 aromatic carbocycles. The third-order valence-corrected chi connectivity index (χ3v) is 5.74. The third kappa shape index (κ3) is 5.76. The zero-order chi connectivity index (χ0) is 24.0. The lowest BCUT2D eigenvalue weighted by molar-refractivity contribution is 0.0915. The monoisotopic (exact) mass is 468 g/mol. The first-order chi connectivity index (χ1) is 15.9. The van der Waals surface area contributed by atoms with Crippen LogP contribution in [0.4, 0.5) is 10.1 Å². The van der Waals surface area contributed by atoms with Gasteiger partial charge in [-0.25, -0.2) is 9.37 Å². The summed E-state index contributed by atoms with van der Waals surface area (Å²) < 4.78 is 18.9. The molecule has 0 aliphatic rings. The number of ketones is 2. The molecule has 0 aliphatic carbocycles. The van der Waals surface area contributed by atoms with Crippen molar-refractivity contribution in [3.05, 3.63) is 76.7 Å². The summed E-state index contributed by atoms with van der Waals surface area (Å²) in [7, 11) is 1.48. The molecular formula is C26H26ClFN2O3. The van der Waals surface area contributed by atoms with Gasteiger partial charge in [0.2, 0.25) is 0 Å². The number of Topliss-reactive ketones (excluding diaryl/α,β-unsaturated/α-hetero) is 2. The van der Waals surface area contributed by atoms with Gasteiger partial charge in [-0.15, -0.1) is 0 Å². The van der Waals surface area contributed by atoms with Gasteiger partial charge in [-0.05, 0) is 68.4 Å². The van der Waals surface area contributed by atoms with Crippen LogP contribution in [0.25, 0.3) is 11.3 Å². The molecule has 0 unspecified atom stereocenters. The first-order valence-corrected chi connectivity index (χ1v) is 11.2. The van der Waals surface area contributed by atoms with Gasteiger partial charge in [-0.1, -0.05) is 11.6 Å². The largest absolute Gasteiger partial charge is 0.494 e. The average Bonchev–Trinajstić information content (AvgIpc) is 2.84. The van der Waals surface area contributed by atoms with E-state index < -0.39 is 5.82 Å². The highest BCUT2D eigenvalue weighted by Crippen LogP contribution is 2.31.